The molecule has 0 radical (unpaired) electrons. The molecule has 0 bridgehead atoms. The van der Waals surface area contributed by atoms with E-state index in [2.05, 4.69) is 10.3 Å². The van der Waals surface area contributed by atoms with Gasteiger partial charge >= 0.3 is 0 Å². The summed E-state index contributed by atoms with van der Waals surface area (Å²) < 4.78 is 27.8. The van der Waals surface area contributed by atoms with Crippen molar-refractivity contribution in [3.8, 4) is 5.75 Å². The van der Waals surface area contributed by atoms with Crippen molar-refractivity contribution in [1.82, 2.24) is 10.3 Å². The van der Waals surface area contributed by atoms with E-state index in [0.717, 1.165) is 22.3 Å². The lowest BCUT2D eigenvalue weighted by Crippen LogP contribution is -2.25. The van der Waals surface area contributed by atoms with Crippen molar-refractivity contribution in [2.75, 3.05) is 12.9 Å². The van der Waals surface area contributed by atoms with E-state index in [1.54, 1.807) is 13.2 Å². The number of H-pyrrole nitrogens is 1. The summed E-state index contributed by atoms with van der Waals surface area (Å²) in [7, 11) is -1.49. The Hall–Kier alpha value is -2.28. The van der Waals surface area contributed by atoms with Gasteiger partial charge in [0.1, 0.15) is 5.75 Å². The van der Waals surface area contributed by atoms with Gasteiger partial charge in [-0.15, -0.1) is 0 Å². The number of hydrogen-bond acceptors (Lipinski definition) is 4. The summed E-state index contributed by atoms with van der Waals surface area (Å²) in [5.74, 6) is 0.411. The van der Waals surface area contributed by atoms with Crippen molar-refractivity contribution in [3.63, 3.8) is 0 Å². The molecule has 3 rings (SSSR count). The Morgan fingerprint density at radius 1 is 1.39 bits per heavy atom. The van der Waals surface area contributed by atoms with Gasteiger partial charge in [0.25, 0.3) is 0 Å². The Balaban J connectivity index is 1.58. The van der Waals surface area contributed by atoms with Gasteiger partial charge in [0.2, 0.25) is 5.91 Å². The zero-order valence-electron chi connectivity index (χ0n) is 12.7. The third-order valence-electron chi connectivity index (χ3n) is 3.81. The molecule has 0 unspecified atom stereocenters. The van der Waals surface area contributed by atoms with Crippen molar-refractivity contribution in [1.29, 1.82) is 0 Å². The van der Waals surface area contributed by atoms with E-state index in [0.29, 0.717) is 6.54 Å². The van der Waals surface area contributed by atoms with Gasteiger partial charge in [-0.25, -0.2) is 8.42 Å². The zero-order valence-corrected chi connectivity index (χ0v) is 13.5. The van der Waals surface area contributed by atoms with Crippen LogP contribution in [0.5, 0.6) is 5.75 Å². The fourth-order valence-electron chi connectivity index (χ4n) is 2.66. The van der Waals surface area contributed by atoms with Crippen LogP contribution in [0, 0.1) is 5.92 Å². The minimum absolute atomic E-state index is 0.0204. The number of nitrogens with one attached hydrogen (secondary N) is 2. The number of carbonyl (C=O) groups is 1. The predicted molar refractivity (Wildman–Crippen MR) is 87.7 cm³/mol. The Morgan fingerprint density at radius 3 is 2.91 bits per heavy atom. The fraction of sp³-hybridized carbons (Fsp3) is 0.312. The summed E-state index contributed by atoms with van der Waals surface area (Å²) in [5, 5.41) is 5.02. The molecular weight excluding hydrogens is 316 g/mol. The average Bonchev–Trinajstić information content (AvgIpc) is 3.06. The largest absolute Gasteiger partial charge is 0.497 e. The maximum atomic E-state index is 11.9. The van der Waals surface area contributed by atoms with Gasteiger partial charge in [0.05, 0.1) is 19.4 Å². The van der Waals surface area contributed by atoms with E-state index in [1.165, 1.54) is 5.41 Å². The lowest BCUT2D eigenvalue weighted by molar-refractivity contribution is -0.121. The standard InChI is InChI=1S/C16H18N2O4S/c1-22-14-2-3-15-12(8-14)7-13(18-15)9-17-16(19)6-11-4-5-23(20,21)10-11/h2-5,7-8,11,18H,6,9-10H2,1H3,(H,17,19)/t11-/m0/s1. The van der Waals surface area contributed by atoms with Crippen molar-refractivity contribution in [3.05, 3.63) is 41.4 Å². The molecule has 0 fully saturated rings. The van der Waals surface area contributed by atoms with Crippen LogP contribution in [-0.2, 0) is 21.2 Å². The van der Waals surface area contributed by atoms with Crippen molar-refractivity contribution in [2.45, 2.75) is 13.0 Å². The van der Waals surface area contributed by atoms with E-state index in [9.17, 15) is 13.2 Å². The number of allylic oxidation sites excluding steroid dienone is 1. The number of rotatable bonds is 5. The smallest absolute Gasteiger partial charge is 0.220 e. The highest BCUT2D eigenvalue weighted by Crippen LogP contribution is 2.21. The molecule has 6 nitrogen and oxygen atoms in total. The van der Waals surface area contributed by atoms with Crippen LogP contribution >= 0.6 is 0 Å². The van der Waals surface area contributed by atoms with E-state index in [1.807, 2.05) is 24.3 Å². The second kappa shape index (κ2) is 6.08. The van der Waals surface area contributed by atoms with Gasteiger partial charge < -0.3 is 15.0 Å². The quantitative estimate of drug-likeness (QED) is 0.872. The highest BCUT2D eigenvalue weighted by atomic mass is 32.2. The van der Waals surface area contributed by atoms with Crippen LogP contribution in [0.25, 0.3) is 10.9 Å². The van der Waals surface area contributed by atoms with Crippen molar-refractivity contribution < 1.29 is 17.9 Å². The van der Waals surface area contributed by atoms with Gasteiger partial charge in [0, 0.05) is 34.3 Å². The van der Waals surface area contributed by atoms with Crippen LogP contribution in [0.4, 0.5) is 0 Å². The minimum Gasteiger partial charge on any atom is -0.497 e. The first kappa shape index (κ1) is 15.6. The maximum Gasteiger partial charge on any atom is 0.220 e. The van der Waals surface area contributed by atoms with Crippen LogP contribution in [0.15, 0.2) is 35.7 Å². The Labute approximate surface area is 134 Å². The molecule has 23 heavy (non-hydrogen) atoms. The number of aromatic nitrogens is 1. The number of benzene rings is 1. The number of sulfone groups is 1. The monoisotopic (exact) mass is 334 g/mol. The number of ether oxygens (including phenoxy) is 1. The SMILES string of the molecule is COc1ccc2[nH]c(CNC(=O)C[C@@H]3C=CS(=O)(=O)C3)cc2c1. The Kier molecular flexibility index (Phi) is 4.12. The molecule has 2 heterocycles. The summed E-state index contributed by atoms with van der Waals surface area (Å²) in [6.45, 7) is 0.374. The normalized spacial score (nSPS) is 19.1. The van der Waals surface area contributed by atoms with Gasteiger partial charge in [0.15, 0.2) is 9.84 Å². The first-order valence-corrected chi connectivity index (χ1v) is 9.00. The molecule has 122 valence electrons. The average molecular weight is 334 g/mol. The maximum absolute atomic E-state index is 11.9. The third-order valence-corrected chi connectivity index (χ3v) is 5.28. The van der Waals surface area contributed by atoms with Crippen LogP contribution in [0.3, 0.4) is 0 Å². The van der Waals surface area contributed by atoms with Gasteiger partial charge in [-0.05, 0) is 24.3 Å². The number of fused-ring (bicyclic) bond motifs is 1. The molecule has 7 heteroatoms. The van der Waals surface area contributed by atoms with E-state index in [-0.39, 0.29) is 24.0 Å². The summed E-state index contributed by atoms with van der Waals surface area (Å²) in [6, 6.07) is 7.67. The molecule has 0 saturated carbocycles. The van der Waals surface area contributed by atoms with Crippen LogP contribution in [-0.4, -0.2) is 32.2 Å². The van der Waals surface area contributed by atoms with E-state index < -0.39 is 9.84 Å². The van der Waals surface area contributed by atoms with Crippen LogP contribution < -0.4 is 10.1 Å². The Morgan fingerprint density at radius 2 is 2.22 bits per heavy atom. The number of carbonyl (C=O) groups excluding carboxylic acids is 1. The van der Waals surface area contributed by atoms with Gasteiger partial charge in [-0.1, -0.05) is 6.08 Å². The molecule has 0 spiro atoms. The number of amides is 1. The molecule has 1 aromatic carbocycles. The van der Waals surface area contributed by atoms with Crippen molar-refractivity contribution in [2.24, 2.45) is 5.92 Å². The minimum atomic E-state index is -3.11. The molecule has 0 saturated heterocycles. The van der Waals surface area contributed by atoms with Crippen LogP contribution in [0.2, 0.25) is 0 Å². The molecule has 1 aliphatic heterocycles. The number of aromatic amines is 1. The summed E-state index contributed by atoms with van der Waals surface area (Å²) >= 11 is 0. The predicted octanol–water partition coefficient (Wildman–Crippen LogP) is 1.74. The highest BCUT2D eigenvalue weighted by molar-refractivity contribution is 7.94. The second-order valence-electron chi connectivity index (χ2n) is 5.65. The fourth-order valence-corrected chi connectivity index (χ4v) is 4.06. The number of methoxy groups -OCH3 is 1. The van der Waals surface area contributed by atoms with E-state index in [4.69, 9.17) is 4.74 Å². The molecule has 2 N–H and O–H groups in total. The first-order chi connectivity index (χ1) is 10.9. The second-order valence-corrected chi connectivity index (χ2v) is 7.58. The van der Waals surface area contributed by atoms with Gasteiger partial charge in [-0.2, -0.15) is 0 Å². The topological polar surface area (TPSA) is 88.3 Å². The lowest BCUT2D eigenvalue weighted by atomic mass is 10.1. The van der Waals surface area contributed by atoms with Crippen molar-refractivity contribution >= 4 is 26.6 Å². The molecule has 1 aliphatic rings. The molecule has 0 aliphatic carbocycles. The Bertz CT molecular complexity index is 867. The van der Waals surface area contributed by atoms with Crippen LogP contribution in [0.1, 0.15) is 12.1 Å². The first-order valence-electron chi connectivity index (χ1n) is 7.28. The number of hydrogen-bond donors (Lipinski definition) is 2. The molecule has 1 amide bonds. The summed E-state index contributed by atoms with van der Waals surface area (Å²) in [5.41, 5.74) is 1.86. The lowest BCUT2D eigenvalue weighted by Gasteiger charge is -2.07. The summed E-state index contributed by atoms with van der Waals surface area (Å²) in [4.78, 5) is 15.2. The molecule has 2 aromatic rings. The van der Waals surface area contributed by atoms with Gasteiger partial charge in [-0.3, -0.25) is 4.79 Å². The van der Waals surface area contributed by atoms with E-state index >= 15 is 0 Å². The summed E-state index contributed by atoms with van der Waals surface area (Å²) in [6.07, 6.45) is 1.77. The molecule has 1 aromatic heterocycles. The zero-order chi connectivity index (χ0) is 16.4. The third kappa shape index (κ3) is 3.73. The molecular formula is C16H18N2O4S. The molecule has 1 atom stereocenters. The highest BCUT2D eigenvalue weighted by Gasteiger charge is 2.23.